The van der Waals surface area contributed by atoms with Gasteiger partial charge < -0.3 is 19.9 Å². The number of hydrogen-bond acceptors (Lipinski definition) is 9. The number of nitrogen functional groups attached to an aromatic ring is 1. The van der Waals surface area contributed by atoms with Crippen molar-refractivity contribution in [2.75, 3.05) is 18.9 Å². The van der Waals surface area contributed by atoms with Gasteiger partial charge in [0.2, 0.25) is 5.91 Å². The topological polar surface area (TPSA) is 111 Å². The smallest absolute Gasteiger partial charge is 0.242 e. The van der Waals surface area contributed by atoms with Crippen molar-refractivity contribution in [1.82, 2.24) is 24.9 Å². The molecule has 0 aliphatic carbocycles. The molecule has 2 atom stereocenters. The molecule has 4 heterocycles. The van der Waals surface area contributed by atoms with Gasteiger partial charge in [-0.25, -0.2) is 9.97 Å². The van der Waals surface area contributed by atoms with E-state index in [0.717, 1.165) is 27.0 Å². The van der Waals surface area contributed by atoms with E-state index in [4.69, 9.17) is 26.6 Å². The van der Waals surface area contributed by atoms with E-state index in [1.165, 1.54) is 17.7 Å². The molecule has 3 aromatic heterocycles. The number of halogens is 1. The second kappa shape index (κ2) is 9.90. The molecule has 1 aliphatic rings. The molecule has 0 saturated carbocycles. The Hall–Kier alpha value is -3.05. The number of hydrogen-bond donors (Lipinski definition) is 1. The van der Waals surface area contributed by atoms with E-state index in [2.05, 4.69) is 20.0 Å². The summed E-state index contributed by atoms with van der Waals surface area (Å²) in [5.74, 6) is 1.09. The van der Waals surface area contributed by atoms with Crippen LogP contribution in [0.3, 0.4) is 0 Å². The van der Waals surface area contributed by atoms with Crippen LogP contribution in [0.15, 0.2) is 47.2 Å². The van der Waals surface area contributed by atoms with Crippen molar-refractivity contribution < 1.29 is 14.1 Å². The maximum Gasteiger partial charge on any atom is 0.242 e. The lowest BCUT2D eigenvalue weighted by Gasteiger charge is -2.44. The van der Waals surface area contributed by atoms with Crippen LogP contribution in [0.5, 0.6) is 0 Å². The van der Waals surface area contributed by atoms with Crippen molar-refractivity contribution in [3.8, 4) is 10.6 Å². The summed E-state index contributed by atoms with van der Waals surface area (Å²) in [6.45, 7) is 5.76. The Morgan fingerprint density at radius 1 is 1.23 bits per heavy atom. The number of nitrogens with zero attached hydrogens (tertiary/aromatic N) is 5. The number of nitrogens with two attached hydrogens (primary N) is 1. The highest BCUT2D eigenvalue weighted by Crippen LogP contribution is 2.32. The predicted octanol–water partition coefficient (Wildman–Crippen LogP) is 4.18. The largest absolute Gasteiger partial charge is 0.383 e. The first kappa shape index (κ1) is 23.7. The lowest BCUT2D eigenvalue weighted by Crippen LogP contribution is -2.60. The van der Waals surface area contributed by atoms with E-state index in [0.29, 0.717) is 42.2 Å². The minimum absolute atomic E-state index is 0.00856. The van der Waals surface area contributed by atoms with Crippen molar-refractivity contribution in [1.29, 1.82) is 0 Å². The van der Waals surface area contributed by atoms with Gasteiger partial charge in [-0.1, -0.05) is 22.8 Å². The number of aromatic nitrogens is 3. The predicted molar refractivity (Wildman–Crippen MR) is 135 cm³/mol. The average molecular weight is 513 g/mol. The molecule has 1 saturated heterocycles. The fourth-order valence-electron chi connectivity index (χ4n) is 4.29. The molecule has 1 amide bonds. The van der Waals surface area contributed by atoms with Crippen LogP contribution in [0.25, 0.3) is 21.5 Å². The van der Waals surface area contributed by atoms with Crippen molar-refractivity contribution in [2.45, 2.75) is 39.2 Å². The number of benzene rings is 1. The molecule has 35 heavy (non-hydrogen) atoms. The molecule has 4 aromatic rings. The number of amides is 1. The molecule has 1 unspecified atom stereocenters. The molecule has 11 heteroatoms. The SMILES string of the molecule is CCO[C@@H]1CN(Cc2cc(-c3ccc(Cl)s3)on2)C(C)C(=O)N1Cc1ccc2c(N)ncnc2c1. The van der Waals surface area contributed by atoms with E-state index in [9.17, 15) is 4.79 Å². The highest BCUT2D eigenvalue weighted by Gasteiger charge is 2.38. The molecule has 0 spiro atoms. The zero-order chi connectivity index (χ0) is 24.5. The summed E-state index contributed by atoms with van der Waals surface area (Å²) in [6, 6.07) is 11.1. The molecule has 2 N–H and O–H groups in total. The highest BCUT2D eigenvalue weighted by atomic mass is 35.5. The minimum atomic E-state index is -0.391. The number of fused-ring (bicyclic) bond motifs is 1. The number of carbonyl (C=O) groups is 1. The standard InChI is InChI=1S/C24H25ClN6O3S/c1-3-33-22-12-30(11-16-9-19(34-29-16)20-6-7-21(25)35-20)14(2)24(32)31(22)10-15-4-5-17-18(8-15)27-13-28-23(17)26/h4-9,13-14,22H,3,10-12H2,1-2H3,(H2,26,27,28)/t14?,22-/m1/s1. The van der Waals surface area contributed by atoms with Crippen LogP contribution in [0.4, 0.5) is 5.82 Å². The molecule has 182 valence electrons. The van der Waals surface area contributed by atoms with Crippen LogP contribution in [0, 0.1) is 0 Å². The minimum Gasteiger partial charge on any atom is -0.383 e. The molecule has 1 fully saturated rings. The molecule has 1 aliphatic heterocycles. The molecule has 0 radical (unpaired) electrons. The summed E-state index contributed by atoms with van der Waals surface area (Å²) < 4.78 is 12.2. The maximum atomic E-state index is 13.5. The monoisotopic (exact) mass is 512 g/mol. The number of rotatable bonds is 7. The Morgan fingerprint density at radius 3 is 2.86 bits per heavy atom. The third-order valence-electron chi connectivity index (χ3n) is 6.11. The van der Waals surface area contributed by atoms with Gasteiger partial charge in [-0.05, 0) is 43.7 Å². The van der Waals surface area contributed by atoms with E-state index >= 15 is 0 Å². The third-order valence-corrected chi connectivity index (χ3v) is 7.36. The molecule has 1 aromatic carbocycles. The molecular formula is C24H25ClN6O3S. The van der Waals surface area contributed by atoms with Crippen LogP contribution in [-0.2, 0) is 22.6 Å². The van der Waals surface area contributed by atoms with E-state index in [1.54, 1.807) is 4.90 Å². The summed E-state index contributed by atoms with van der Waals surface area (Å²) >= 11 is 7.47. The number of anilines is 1. The molecule has 9 nitrogen and oxygen atoms in total. The van der Waals surface area contributed by atoms with Gasteiger partial charge in [0, 0.05) is 37.7 Å². The van der Waals surface area contributed by atoms with Gasteiger partial charge in [-0.3, -0.25) is 9.69 Å². The second-order valence-electron chi connectivity index (χ2n) is 8.38. The first-order valence-corrected chi connectivity index (χ1v) is 12.5. The zero-order valence-corrected chi connectivity index (χ0v) is 20.9. The Bertz CT molecular complexity index is 1360. The summed E-state index contributed by atoms with van der Waals surface area (Å²) in [5, 5.41) is 5.00. The lowest BCUT2D eigenvalue weighted by molar-refractivity contribution is -0.168. The Labute approximate surface area is 211 Å². The summed E-state index contributed by atoms with van der Waals surface area (Å²) in [5.41, 5.74) is 8.39. The van der Waals surface area contributed by atoms with Gasteiger partial charge in [0.25, 0.3) is 0 Å². The van der Waals surface area contributed by atoms with Gasteiger partial charge in [0.15, 0.2) is 5.76 Å². The van der Waals surface area contributed by atoms with Crippen molar-refractivity contribution in [2.24, 2.45) is 0 Å². The Balaban J connectivity index is 1.33. The fraction of sp³-hybridized carbons (Fsp3) is 0.333. The number of ether oxygens (including phenoxy) is 1. The van der Waals surface area contributed by atoms with E-state index in [-0.39, 0.29) is 11.9 Å². The van der Waals surface area contributed by atoms with E-state index in [1.807, 2.05) is 50.2 Å². The third kappa shape index (κ3) is 4.87. The van der Waals surface area contributed by atoms with Crippen LogP contribution in [-0.4, -0.2) is 56.3 Å². The van der Waals surface area contributed by atoms with Crippen molar-refractivity contribution in [3.63, 3.8) is 0 Å². The van der Waals surface area contributed by atoms with Crippen LogP contribution in [0.2, 0.25) is 4.34 Å². The normalized spacial score (nSPS) is 19.1. The number of thiophene rings is 1. The molecule has 5 rings (SSSR count). The van der Waals surface area contributed by atoms with Gasteiger partial charge in [0.1, 0.15) is 18.4 Å². The average Bonchev–Trinajstić information content (AvgIpc) is 3.49. The Morgan fingerprint density at radius 2 is 2.09 bits per heavy atom. The fourth-order valence-corrected chi connectivity index (χ4v) is 5.28. The van der Waals surface area contributed by atoms with Crippen molar-refractivity contribution >= 4 is 45.6 Å². The first-order valence-electron chi connectivity index (χ1n) is 11.3. The van der Waals surface area contributed by atoms with Gasteiger partial charge in [-0.15, -0.1) is 11.3 Å². The summed E-state index contributed by atoms with van der Waals surface area (Å²) in [6.07, 6.45) is 1.05. The number of carbonyl (C=O) groups excluding carboxylic acids is 1. The van der Waals surface area contributed by atoms with Crippen molar-refractivity contribution in [3.05, 3.63) is 58.3 Å². The van der Waals surface area contributed by atoms with Crippen LogP contribution < -0.4 is 5.73 Å². The second-order valence-corrected chi connectivity index (χ2v) is 10.1. The van der Waals surface area contributed by atoms with Gasteiger partial charge in [0.05, 0.1) is 26.5 Å². The first-order chi connectivity index (χ1) is 16.9. The highest BCUT2D eigenvalue weighted by molar-refractivity contribution is 7.19. The van der Waals surface area contributed by atoms with Gasteiger partial charge >= 0.3 is 0 Å². The van der Waals surface area contributed by atoms with Crippen LogP contribution >= 0.6 is 22.9 Å². The molecule has 0 bridgehead atoms. The van der Waals surface area contributed by atoms with E-state index < -0.39 is 6.23 Å². The Kier molecular flexibility index (Phi) is 6.70. The molecular weight excluding hydrogens is 488 g/mol. The zero-order valence-electron chi connectivity index (χ0n) is 19.3. The number of piperazine rings is 1. The quantitative estimate of drug-likeness (QED) is 0.392. The summed E-state index contributed by atoms with van der Waals surface area (Å²) in [7, 11) is 0. The van der Waals surface area contributed by atoms with Crippen LogP contribution in [0.1, 0.15) is 25.1 Å². The lowest BCUT2D eigenvalue weighted by atomic mass is 10.1. The van der Waals surface area contributed by atoms with Gasteiger partial charge in [-0.2, -0.15) is 0 Å². The summed E-state index contributed by atoms with van der Waals surface area (Å²) in [4.78, 5) is 26.6. The maximum absolute atomic E-state index is 13.5.